The van der Waals surface area contributed by atoms with Crippen molar-refractivity contribution < 1.29 is 9.47 Å². The lowest BCUT2D eigenvalue weighted by Crippen LogP contribution is -2.31. The summed E-state index contributed by atoms with van der Waals surface area (Å²) < 4.78 is 10.8. The third-order valence-corrected chi connectivity index (χ3v) is 3.92. The van der Waals surface area contributed by atoms with Crippen LogP contribution in [0.2, 0.25) is 5.02 Å². The van der Waals surface area contributed by atoms with Gasteiger partial charge in [-0.2, -0.15) is 0 Å². The molecule has 1 aromatic rings. The molecule has 1 heterocycles. The van der Waals surface area contributed by atoms with Crippen LogP contribution in [0.25, 0.3) is 0 Å². The predicted molar refractivity (Wildman–Crippen MR) is 76.2 cm³/mol. The molecule has 1 aromatic carbocycles. The van der Waals surface area contributed by atoms with Crippen molar-refractivity contribution in [1.82, 2.24) is 5.43 Å². The summed E-state index contributed by atoms with van der Waals surface area (Å²) in [6, 6.07) is 5.75. The minimum absolute atomic E-state index is 0.0790. The molecule has 3 N–H and O–H groups in total. The highest BCUT2D eigenvalue weighted by Gasteiger charge is 2.22. The number of benzene rings is 1. The molecule has 1 aliphatic heterocycles. The van der Waals surface area contributed by atoms with Gasteiger partial charge in [-0.25, -0.2) is 0 Å². The van der Waals surface area contributed by atoms with Crippen molar-refractivity contribution in [1.29, 1.82) is 0 Å². The van der Waals surface area contributed by atoms with E-state index in [1.54, 1.807) is 7.11 Å². The molecule has 106 valence electrons. The van der Waals surface area contributed by atoms with Crippen LogP contribution in [0.5, 0.6) is 5.75 Å². The van der Waals surface area contributed by atoms with Crippen molar-refractivity contribution in [2.75, 3.05) is 20.3 Å². The molecule has 2 rings (SSSR count). The van der Waals surface area contributed by atoms with E-state index in [0.29, 0.717) is 10.9 Å². The van der Waals surface area contributed by atoms with Gasteiger partial charge in [0.15, 0.2) is 0 Å². The number of nitrogens with two attached hydrogens (primary N) is 1. The fourth-order valence-electron chi connectivity index (χ4n) is 2.57. The highest BCUT2D eigenvalue weighted by atomic mass is 35.5. The van der Waals surface area contributed by atoms with E-state index in [1.807, 2.05) is 18.2 Å². The average molecular weight is 285 g/mol. The molecular formula is C14H21ClN2O2. The maximum atomic E-state index is 5.99. The maximum absolute atomic E-state index is 5.99. The molecule has 4 nitrogen and oxygen atoms in total. The predicted octanol–water partition coefficient (Wildman–Crippen LogP) is 2.67. The van der Waals surface area contributed by atoms with Gasteiger partial charge in [0.2, 0.25) is 0 Å². The van der Waals surface area contributed by atoms with Crippen LogP contribution in [0.1, 0.15) is 30.9 Å². The van der Waals surface area contributed by atoms with Gasteiger partial charge in [-0.3, -0.25) is 11.3 Å². The zero-order valence-electron chi connectivity index (χ0n) is 11.2. The van der Waals surface area contributed by atoms with Gasteiger partial charge >= 0.3 is 0 Å². The molecule has 1 unspecified atom stereocenters. The first-order valence-electron chi connectivity index (χ1n) is 6.62. The van der Waals surface area contributed by atoms with Crippen molar-refractivity contribution in [2.24, 2.45) is 11.8 Å². The summed E-state index contributed by atoms with van der Waals surface area (Å²) in [5, 5.41) is 0.669. The minimum Gasteiger partial charge on any atom is -0.496 e. The van der Waals surface area contributed by atoms with E-state index in [0.717, 1.165) is 43.8 Å². The maximum Gasteiger partial charge on any atom is 0.125 e. The first kappa shape index (κ1) is 14.6. The number of halogens is 1. The Kier molecular flexibility index (Phi) is 5.45. The summed E-state index contributed by atoms with van der Waals surface area (Å²) in [5.74, 6) is 7.13. The molecule has 19 heavy (non-hydrogen) atoms. The van der Waals surface area contributed by atoms with Crippen LogP contribution in [0.4, 0.5) is 0 Å². The van der Waals surface area contributed by atoms with Gasteiger partial charge in [0.25, 0.3) is 0 Å². The number of nitrogens with one attached hydrogen (secondary N) is 1. The van der Waals surface area contributed by atoms with E-state index in [-0.39, 0.29) is 6.04 Å². The lowest BCUT2D eigenvalue weighted by Gasteiger charge is -2.27. The highest BCUT2D eigenvalue weighted by Crippen LogP contribution is 2.33. The Hall–Kier alpha value is -0.810. The molecule has 0 spiro atoms. The van der Waals surface area contributed by atoms with Crippen LogP contribution in [0.15, 0.2) is 18.2 Å². The summed E-state index contributed by atoms with van der Waals surface area (Å²) in [7, 11) is 1.65. The van der Waals surface area contributed by atoms with Gasteiger partial charge in [-0.1, -0.05) is 17.7 Å². The van der Waals surface area contributed by atoms with Gasteiger partial charge in [-0.05, 0) is 37.3 Å². The Labute approximate surface area is 119 Å². The summed E-state index contributed by atoms with van der Waals surface area (Å²) in [5.41, 5.74) is 3.95. The zero-order valence-corrected chi connectivity index (χ0v) is 12.0. The van der Waals surface area contributed by atoms with Gasteiger partial charge in [-0.15, -0.1) is 0 Å². The van der Waals surface area contributed by atoms with Crippen molar-refractivity contribution in [3.8, 4) is 5.75 Å². The van der Waals surface area contributed by atoms with E-state index < -0.39 is 0 Å². The quantitative estimate of drug-likeness (QED) is 0.645. The van der Waals surface area contributed by atoms with Crippen molar-refractivity contribution in [3.05, 3.63) is 28.8 Å². The number of hydrazine groups is 1. The van der Waals surface area contributed by atoms with Crippen molar-refractivity contribution >= 4 is 11.6 Å². The highest BCUT2D eigenvalue weighted by molar-refractivity contribution is 6.30. The van der Waals surface area contributed by atoms with E-state index in [2.05, 4.69) is 5.43 Å². The number of methoxy groups -OCH3 is 1. The van der Waals surface area contributed by atoms with Gasteiger partial charge in [0.1, 0.15) is 5.75 Å². The molecule has 0 aliphatic carbocycles. The minimum atomic E-state index is 0.0790. The molecular weight excluding hydrogens is 264 g/mol. The molecule has 0 radical (unpaired) electrons. The number of hydrogen-bond donors (Lipinski definition) is 2. The fourth-order valence-corrected chi connectivity index (χ4v) is 2.74. The molecule has 1 atom stereocenters. The number of hydrogen-bond acceptors (Lipinski definition) is 4. The molecule has 0 amide bonds. The van der Waals surface area contributed by atoms with E-state index in [9.17, 15) is 0 Å². The summed E-state index contributed by atoms with van der Waals surface area (Å²) in [6.45, 7) is 1.69. The normalized spacial score (nSPS) is 18.3. The summed E-state index contributed by atoms with van der Waals surface area (Å²) >= 11 is 5.99. The lowest BCUT2D eigenvalue weighted by molar-refractivity contribution is 0.0604. The Morgan fingerprint density at radius 3 is 2.84 bits per heavy atom. The SMILES string of the molecule is COc1cc(Cl)ccc1C(CC1CCOCC1)NN. The van der Waals surface area contributed by atoms with Crippen LogP contribution >= 0.6 is 11.6 Å². The fraction of sp³-hybridized carbons (Fsp3) is 0.571. The molecule has 0 saturated carbocycles. The lowest BCUT2D eigenvalue weighted by atomic mass is 9.89. The molecule has 1 aliphatic rings. The molecule has 1 saturated heterocycles. The average Bonchev–Trinajstić information content (AvgIpc) is 2.46. The molecule has 0 aromatic heterocycles. The zero-order chi connectivity index (χ0) is 13.7. The standard InChI is InChI=1S/C14H21ClN2O2/c1-18-14-9-11(15)2-3-12(14)13(17-16)8-10-4-6-19-7-5-10/h2-3,9-10,13,17H,4-8,16H2,1H3. The van der Waals surface area contributed by atoms with Crippen LogP contribution in [0.3, 0.4) is 0 Å². The van der Waals surface area contributed by atoms with Crippen molar-refractivity contribution in [2.45, 2.75) is 25.3 Å². The topological polar surface area (TPSA) is 56.5 Å². The third kappa shape index (κ3) is 3.83. The Morgan fingerprint density at radius 2 is 2.21 bits per heavy atom. The van der Waals surface area contributed by atoms with Crippen molar-refractivity contribution in [3.63, 3.8) is 0 Å². The molecule has 5 heteroatoms. The van der Waals surface area contributed by atoms with Gasteiger partial charge < -0.3 is 9.47 Å². The Morgan fingerprint density at radius 1 is 1.47 bits per heavy atom. The largest absolute Gasteiger partial charge is 0.496 e. The molecule has 1 fully saturated rings. The second-order valence-electron chi connectivity index (χ2n) is 4.90. The summed E-state index contributed by atoms with van der Waals surface area (Å²) in [4.78, 5) is 0. The molecule has 0 bridgehead atoms. The summed E-state index contributed by atoms with van der Waals surface area (Å²) in [6.07, 6.45) is 3.17. The number of rotatable bonds is 5. The third-order valence-electron chi connectivity index (χ3n) is 3.68. The van der Waals surface area contributed by atoms with Gasteiger partial charge in [0.05, 0.1) is 7.11 Å². The Bertz CT molecular complexity index is 408. The van der Waals surface area contributed by atoms with E-state index >= 15 is 0 Å². The number of ether oxygens (including phenoxy) is 2. The van der Waals surface area contributed by atoms with E-state index in [1.165, 1.54) is 0 Å². The first-order valence-corrected chi connectivity index (χ1v) is 6.99. The second kappa shape index (κ2) is 7.10. The Balaban J connectivity index is 2.11. The van der Waals surface area contributed by atoms with Crippen LogP contribution in [0, 0.1) is 5.92 Å². The monoisotopic (exact) mass is 284 g/mol. The van der Waals surface area contributed by atoms with E-state index in [4.69, 9.17) is 26.9 Å². The van der Waals surface area contributed by atoms with Crippen LogP contribution < -0.4 is 16.0 Å². The first-order chi connectivity index (χ1) is 9.24. The smallest absolute Gasteiger partial charge is 0.125 e. The second-order valence-corrected chi connectivity index (χ2v) is 5.33. The van der Waals surface area contributed by atoms with Crippen LogP contribution in [-0.4, -0.2) is 20.3 Å². The van der Waals surface area contributed by atoms with Crippen LogP contribution in [-0.2, 0) is 4.74 Å². The van der Waals surface area contributed by atoms with Gasteiger partial charge in [0, 0.05) is 29.8 Å².